The van der Waals surface area contributed by atoms with E-state index in [9.17, 15) is 14.7 Å². The summed E-state index contributed by atoms with van der Waals surface area (Å²) in [6, 6.07) is 0. The standard InChI is InChI=1S/C19H32O8/c20-17(21)5-1-2-6-19(18(22)23,7-3-9-24-11-15-13-26-15)8-4-10-25-12-16-14-27-16/h15-16H,1-14H2,(H,20,21)(H,22,23). The zero-order chi connectivity index (χ0) is 19.5. The fraction of sp³-hybridized carbons (Fsp3) is 0.895. The van der Waals surface area contributed by atoms with Crippen molar-refractivity contribution in [2.24, 2.45) is 5.41 Å². The lowest BCUT2D eigenvalue weighted by atomic mass is 9.75. The Bertz CT molecular complexity index is 437. The van der Waals surface area contributed by atoms with Gasteiger partial charge in [0.1, 0.15) is 12.2 Å². The maximum atomic E-state index is 12.1. The molecule has 0 aromatic rings. The van der Waals surface area contributed by atoms with E-state index in [4.69, 9.17) is 24.1 Å². The van der Waals surface area contributed by atoms with E-state index in [1.54, 1.807) is 0 Å². The average Bonchev–Trinajstić information content (AvgIpc) is 3.51. The number of hydrogen-bond acceptors (Lipinski definition) is 6. The summed E-state index contributed by atoms with van der Waals surface area (Å²) in [4.78, 5) is 22.8. The van der Waals surface area contributed by atoms with E-state index < -0.39 is 17.4 Å². The van der Waals surface area contributed by atoms with Crippen molar-refractivity contribution in [3.05, 3.63) is 0 Å². The molecule has 0 spiro atoms. The minimum Gasteiger partial charge on any atom is -0.481 e. The minimum absolute atomic E-state index is 0.0741. The first-order valence-corrected chi connectivity index (χ1v) is 9.86. The zero-order valence-electron chi connectivity index (χ0n) is 15.9. The van der Waals surface area contributed by atoms with Gasteiger partial charge >= 0.3 is 11.9 Å². The predicted octanol–water partition coefficient (Wildman–Crippen LogP) is 2.09. The SMILES string of the molecule is O=C(O)CCCCC(CCCOCC1CO1)(CCCOCC1CO1)C(=O)O. The van der Waals surface area contributed by atoms with Crippen molar-refractivity contribution in [3.63, 3.8) is 0 Å². The van der Waals surface area contributed by atoms with Gasteiger partial charge in [0.05, 0.1) is 31.8 Å². The Balaban J connectivity index is 1.74. The van der Waals surface area contributed by atoms with Crippen LogP contribution in [0.15, 0.2) is 0 Å². The molecule has 2 unspecified atom stereocenters. The molecule has 2 aliphatic heterocycles. The second-order valence-electron chi connectivity index (χ2n) is 7.45. The summed E-state index contributed by atoms with van der Waals surface area (Å²) in [5.41, 5.74) is -0.850. The Kier molecular flexibility index (Phi) is 9.47. The zero-order valence-corrected chi connectivity index (χ0v) is 15.9. The topological polar surface area (TPSA) is 118 Å². The summed E-state index contributed by atoms with van der Waals surface area (Å²) in [5, 5.41) is 18.7. The summed E-state index contributed by atoms with van der Waals surface area (Å²) < 4.78 is 21.2. The molecular weight excluding hydrogens is 356 g/mol. The highest BCUT2D eigenvalue weighted by Crippen LogP contribution is 2.36. The molecule has 2 heterocycles. The lowest BCUT2D eigenvalue weighted by Gasteiger charge is -2.30. The van der Waals surface area contributed by atoms with Crippen LogP contribution in [0.3, 0.4) is 0 Å². The van der Waals surface area contributed by atoms with Gasteiger partial charge in [-0.25, -0.2) is 0 Å². The maximum Gasteiger partial charge on any atom is 0.309 e. The van der Waals surface area contributed by atoms with Gasteiger partial charge in [-0.3, -0.25) is 9.59 Å². The summed E-state index contributed by atoms with van der Waals surface area (Å²) in [7, 11) is 0. The van der Waals surface area contributed by atoms with Crippen LogP contribution in [0.1, 0.15) is 51.4 Å². The van der Waals surface area contributed by atoms with Crippen LogP contribution in [0, 0.1) is 5.41 Å². The van der Waals surface area contributed by atoms with Crippen LogP contribution < -0.4 is 0 Å². The Morgan fingerprint density at radius 1 is 0.852 bits per heavy atom. The van der Waals surface area contributed by atoms with Gasteiger partial charge in [0.25, 0.3) is 0 Å². The van der Waals surface area contributed by atoms with Crippen molar-refractivity contribution in [1.29, 1.82) is 0 Å². The Morgan fingerprint density at radius 3 is 1.74 bits per heavy atom. The molecule has 0 saturated carbocycles. The Morgan fingerprint density at radius 2 is 1.33 bits per heavy atom. The lowest BCUT2D eigenvalue weighted by Crippen LogP contribution is -2.32. The van der Waals surface area contributed by atoms with Crippen LogP contribution >= 0.6 is 0 Å². The molecule has 2 N–H and O–H groups in total. The van der Waals surface area contributed by atoms with E-state index in [0.717, 1.165) is 13.2 Å². The number of aliphatic carboxylic acids is 2. The largest absolute Gasteiger partial charge is 0.481 e. The van der Waals surface area contributed by atoms with Gasteiger partial charge in [-0.05, 0) is 38.5 Å². The molecule has 156 valence electrons. The number of rotatable bonds is 18. The highest BCUT2D eigenvalue weighted by Gasteiger charge is 2.37. The number of unbranched alkanes of at least 4 members (excludes halogenated alkanes) is 1. The van der Waals surface area contributed by atoms with Crippen LogP contribution in [-0.2, 0) is 28.5 Å². The average molecular weight is 388 g/mol. The normalized spacial score (nSPS) is 23.0. The predicted molar refractivity (Wildman–Crippen MR) is 95.8 cm³/mol. The third kappa shape index (κ3) is 9.51. The minimum atomic E-state index is -0.850. The fourth-order valence-corrected chi connectivity index (χ4v) is 3.22. The van der Waals surface area contributed by atoms with Crippen molar-refractivity contribution in [3.8, 4) is 0 Å². The molecule has 2 atom stereocenters. The molecule has 27 heavy (non-hydrogen) atoms. The first kappa shape index (κ1) is 22.1. The quantitative estimate of drug-likeness (QED) is 0.271. The van der Waals surface area contributed by atoms with Crippen molar-refractivity contribution >= 4 is 11.9 Å². The van der Waals surface area contributed by atoms with Crippen LogP contribution in [-0.4, -0.2) is 74.0 Å². The molecule has 2 rings (SSSR count). The van der Waals surface area contributed by atoms with Crippen molar-refractivity contribution in [1.82, 2.24) is 0 Å². The monoisotopic (exact) mass is 388 g/mol. The Hall–Kier alpha value is -1.22. The van der Waals surface area contributed by atoms with Crippen molar-refractivity contribution < 1.29 is 38.7 Å². The fourth-order valence-electron chi connectivity index (χ4n) is 3.22. The molecule has 0 aliphatic carbocycles. The molecule has 2 aliphatic rings. The summed E-state index contributed by atoms with van der Waals surface area (Å²) in [6.07, 6.45) is 4.41. The summed E-state index contributed by atoms with van der Waals surface area (Å²) >= 11 is 0. The third-order valence-corrected chi connectivity index (χ3v) is 5.05. The molecular formula is C19H32O8. The van der Waals surface area contributed by atoms with Gasteiger partial charge in [-0.2, -0.15) is 0 Å². The molecule has 0 bridgehead atoms. The number of carboxylic acids is 2. The lowest BCUT2D eigenvalue weighted by molar-refractivity contribution is -0.151. The molecule has 0 amide bonds. The molecule has 0 aromatic carbocycles. The van der Waals surface area contributed by atoms with Crippen LogP contribution in [0.5, 0.6) is 0 Å². The summed E-state index contributed by atoms with van der Waals surface area (Å²) in [6.45, 7) is 3.65. The second kappa shape index (κ2) is 11.6. The van der Waals surface area contributed by atoms with E-state index in [2.05, 4.69) is 0 Å². The molecule has 0 radical (unpaired) electrons. The van der Waals surface area contributed by atoms with Gasteiger partial charge in [0.15, 0.2) is 0 Å². The second-order valence-corrected chi connectivity index (χ2v) is 7.45. The maximum absolute atomic E-state index is 12.1. The molecule has 8 nitrogen and oxygen atoms in total. The number of epoxide rings is 2. The smallest absolute Gasteiger partial charge is 0.309 e. The van der Waals surface area contributed by atoms with Gasteiger partial charge in [-0.15, -0.1) is 0 Å². The molecule has 2 fully saturated rings. The highest BCUT2D eigenvalue weighted by molar-refractivity contribution is 5.74. The first-order valence-electron chi connectivity index (χ1n) is 9.86. The van der Waals surface area contributed by atoms with Gasteiger partial charge in [0, 0.05) is 19.6 Å². The van der Waals surface area contributed by atoms with E-state index in [1.165, 1.54) is 0 Å². The molecule has 0 aromatic heterocycles. The number of ether oxygens (including phenoxy) is 4. The van der Waals surface area contributed by atoms with E-state index >= 15 is 0 Å². The van der Waals surface area contributed by atoms with Gasteiger partial charge in [-0.1, -0.05) is 6.42 Å². The van der Waals surface area contributed by atoms with E-state index in [0.29, 0.717) is 71.4 Å². The number of carbonyl (C=O) groups is 2. The van der Waals surface area contributed by atoms with Crippen LogP contribution in [0.4, 0.5) is 0 Å². The van der Waals surface area contributed by atoms with Crippen molar-refractivity contribution in [2.75, 3.05) is 39.6 Å². The van der Waals surface area contributed by atoms with Gasteiger partial charge < -0.3 is 29.2 Å². The number of carboxylic acid groups (broad SMARTS) is 2. The van der Waals surface area contributed by atoms with E-state index in [-0.39, 0.29) is 18.6 Å². The highest BCUT2D eigenvalue weighted by atomic mass is 16.6. The van der Waals surface area contributed by atoms with Gasteiger partial charge in [0.2, 0.25) is 0 Å². The van der Waals surface area contributed by atoms with Crippen molar-refractivity contribution in [2.45, 2.75) is 63.6 Å². The molecule has 2 saturated heterocycles. The molecule has 8 heteroatoms. The van der Waals surface area contributed by atoms with Crippen LogP contribution in [0.2, 0.25) is 0 Å². The Labute approximate surface area is 160 Å². The summed E-state index contributed by atoms with van der Waals surface area (Å²) in [5.74, 6) is -1.66. The number of hydrogen-bond donors (Lipinski definition) is 2. The first-order chi connectivity index (χ1) is 13.0. The van der Waals surface area contributed by atoms with Crippen LogP contribution in [0.25, 0.3) is 0 Å². The van der Waals surface area contributed by atoms with E-state index in [1.807, 2.05) is 0 Å². The third-order valence-electron chi connectivity index (χ3n) is 5.05.